The second-order valence-corrected chi connectivity index (χ2v) is 6.39. The normalized spacial score (nSPS) is 17.1. The minimum atomic E-state index is 0.498. The number of allylic oxidation sites excluding steroid dienone is 8. The van der Waals surface area contributed by atoms with Gasteiger partial charge in [-0.3, -0.25) is 0 Å². The Labute approximate surface area is 127 Å². The molecule has 0 spiro atoms. The van der Waals surface area contributed by atoms with Crippen molar-refractivity contribution in [2.75, 3.05) is 0 Å². The van der Waals surface area contributed by atoms with Crippen molar-refractivity contribution in [3.05, 3.63) is 46.6 Å². The topological polar surface area (TPSA) is 0 Å². The molecule has 0 aromatic heterocycles. The summed E-state index contributed by atoms with van der Waals surface area (Å²) >= 11 is 0. The van der Waals surface area contributed by atoms with Gasteiger partial charge in [0.25, 0.3) is 0 Å². The van der Waals surface area contributed by atoms with Gasteiger partial charge in [-0.2, -0.15) is 0 Å². The molecule has 0 heteroatoms. The predicted molar refractivity (Wildman–Crippen MR) is 93.9 cm³/mol. The fourth-order valence-electron chi connectivity index (χ4n) is 2.30. The van der Waals surface area contributed by atoms with Crippen LogP contribution in [0.2, 0.25) is 0 Å². The van der Waals surface area contributed by atoms with Gasteiger partial charge in [0.1, 0.15) is 0 Å². The molecule has 0 aromatic rings. The highest BCUT2D eigenvalue weighted by atomic mass is 14.2. The fourth-order valence-corrected chi connectivity index (χ4v) is 2.30. The molecule has 0 aliphatic heterocycles. The van der Waals surface area contributed by atoms with Gasteiger partial charge in [-0.15, -0.1) is 0 Å². The van der Waals surface area contributed by atoms with E-state index in [0.29, 0.717) is 17.8 Å². The summed E-state index contributed by atoms with van der Waals surface area (Å²) in [5.41, 5.74) is 5.74. The molecule has 0 aliphatic carbocycles. The molecule has 0 nitrogen and oxygen atoms in total. The molecule has 20 heavy (non-hydrogen) atoms. The van der Waals surface area contributed by atoms with Gasteiger partial charge in [-0.05, 0) is 56.6 Å². The van der Waals surface area contributed by atoms with Crippen LogP contribution in [-0.2, 0) is 0 Å². The predicted octanol–water partition coefficient (Wildman–Crippen LogP) is 6.72. The zero-order valence-electron chi connectivity index (χ0n) is 15.0. The first-order valence-corrected chi connectivity index (χ1v) is 7.93. The molecule has 0 atom stereocenters. The van der Waals surface area contributed by atoms with E-state index >= 15 is 0 Å². The molecule has 0 aliphatic rings. The second-order valence-electron chi connectivity index (χ2n) is 6.39. The monoisotopic (exact) mass is 274 g/mol. The largest absolute Gasteiger partial charge is 0.0842 e. The average molecular weight is 274 g/mol. The van der Waals surface area contributed by atoms with Crippen LogP contribution in [0.3, 0.4) is 0 Å². The lowest BCUT2D eigenvalue weighted by Crippen LogP contribution is -2.02. The van der Waals surface area contributed by atoms with Crippen molar-refractivity contribution in [3.8, 4) is 0 Å². The highest BCUT2D eigenvalue weighted by Crippen LogP contribution is 2.25. The Morgan fingerprint density at radius 1 is 0.650 bits per heavy atom. The van der Waals surface area contributed by atoms with E-state index in [-0.39, 0.29) is 0 Å². The number of hydrogen-bond acceptors (Lipinski definition) is 0. The summed E-state index contributed by atoms with van der Waals surface area (Å²) in [5, 5.41) is 0. The van der Waals surface area contributed by atoms with Crippen molar-refractivity contribution in [1.29, 1.82) is 0 Å². The van der Waals surface area contributed by atoms with Gasteiger partial charge >= 0.3 is 0 Å². The van der Waals surface area contributed by atoms with Crippen LogP contribution in [0.1, 0.15) is 62.3 Å². The molecule has 0 heterocycles. The maximum Gasteiger partial charge on any atom is -0.00205 e. The third kappa shape index (κ3) is 5.94. The Morgan fingerprint density at radius 2 is 0.950 bits per heavy atom. The summed E-state index contributed by atoms with van der Waals surface area (Å²) in [7, 11) is 0. The molecule has 0 fully saturated rings. The quantitative estimate of drug-likeness (QED) is 0.472. The van der Waals surface area contributed by atoms with Gasteiger partial charge in [0.05, 0.1) is 0 Å². The van der Waals surface area contributed by atoms with Crippen molar-refractivity contribution < 1.29 is 0 Å². The molecule has 0 rings (SSSR count). The van der Waals surface area contributed by atoms with Crippen molar-refractivity contribution in [3.63, 3.8) is 0 Å². The van der Waals surface area contributed by atoms with Crippen LogP contribution in [-0.4, -0.2) is 0 Å². The molecule has 0 unspecified atom stereocenters. The number of hydrogen-bond donors (Lipinski definition) is 0. The van der Waals surface area contributed by atoms with Crippen molar-refractivity contribution in [1.82, 2.24) is 0 Å². The molecule has 0 aromatic carbocycles. The lowest BCUT2D eigenvalue weighted by Gasteiger charge is -2.17. The number of rotatable bonds is 6. The Bertz CT molecular complexity index is 371. The van der Waals surface area contributed by atoms with Crippen LogP contribution in [0.25, 0.3) is 0 Å². The minimum absolute atomic E-state index is 0.498. The molecular formula is C20H34. The van der Waals surface area contributed by atoms with Gasteiger partial charge in [0, 0.05) is 0 Å². The van der Waals surface area contributed by atoms with Gasteiger partial charge in [0.2, 0.25) is 0 Å². The molecule has 114 valence electrons. The maximum atomic E-state index is 2.36. The van der Waals surface area contributed by atoms with Crippen molar-refractivity contribution in [2.45, 2.75) is 62.3 Å². The van der Waals surface area contributed by atoms with Crippen LogP contribution in [0.15, 0.2) is 46.6 Å². The smallest absolute Gasteiger partial charge is 0.00205 e. The van der Waals surface area contributed by atoms with Crippen molar-refractivity contribution >= 4 is 0 Å². The summed E-state index contributed by atoms with van der Waals surface area (Å²) in [6.45, 7) is 20.1. The Hall–Kier alpha value is -1.04. The Kier molecular flexibility index (Phi) is 8.53. The molecule has 0 saturated heterocycles. The average Bonchev–Trinajstić information content (AvgIpc) is 2.39. The third-order valence-electron chi connectivity index (χ3n) is 4.15. The zero-order chi connectivity index (χ0) is 15.9. The SMILES string of the molecule is CC=C(C=C(C)C(C)C(C)=CC(=CC)C(C)C)C(C)C. The van der Waals surface area contributed by atoms with Crippen LogP contribution >= 0.6 is 0 Å². The Balaban J connectivity index is 5.21. The van der Waals surface area contributed by atoms with E-state index in [9.17, 15) is 0 Å². The van der Waals surface area contributed by atoms with Gasteiger partial charge in [-0.25, -0.2) is 0 Å². The summed E-state index contributed by atoms with van der Waals surface area (Å²) in [6.07, 6.45) is 9.17. The first-order chi connectivity index (χ1) is 9.24. The van der Waals surface area contributed by atoms with Crippen molar-refractivity contribution in [2.24, 2.45) is 17.8 Å². The molecule has 0 amide bonds. The lowest BCUT2D eigenvalue weighted by atomic mass is 9.88. The summed E-state index contributed by atoms with van der Waals surface area (Å²) in [6, 6.07) is 0. The first-order valence-electron chi connectivity index (χ1n) is 7.93. The van der Waals surface area contributed by atoms with E-state index in [1.807, 2.05) is 0 Å². The van der Waals surface area contributed by atoms with Gasteiger partial charge in [-0.1, -0.05) is 70.1 Å². The van der Waals surface area contributed by atoms with E-state index in [0.717, 1.165) is 0 Å². The van der Waals surface area contributed by atoms with E-state index in [1.54, 1.807) is 0 Å². The molecule has 0 saturated carbocycles. The lowest BCUT2D eigenvalue weighted by molar-refractivity contribution is 0.753. The first kappa shape index (κ1) is 19.0. The fraction of sp³-hybridized carbons (Fsp3) is 0.600. The standard InChI is InChI=1S/C20H34/c1-10-19(14(3)4)12-16(7)18(9)17(8)13-20(11-2)15(5)6/h10-15,18H,1-9H3. The second kappa shape index (κ2) is 9.00. The van der Waals surface area contributed by atoms with E-state index in [4.69, 9.17) is 0 Å². The highest BCUT2D eigenvalue weighted by molar-refractivity contribution is 5.32. The molecule has 0 radical (unpaired) electrons. The third-order valence-corrected chi connectivity index (χ3v) is 4.15. The van der Waals surface area contributed by atoms with E-state index in [2.05, 4.69) is 86.6 Å². The van der Waals surface area contributed by atoms with Crippen LogP contribution in [0.5, 0.6) is 0 Å². The van der Waals surface area contributed by atoms with Crippen LogP contribution in [0.4, 0.5) is 0 Å². The summed E-state index contributed by atoms with van der Waals surface area (Å²) in [5.74, 6) is 1.68. The minimum Gasteiger partial charge on any atom is -0.0842 e. The van der Waals surface area contributed by atoms with E-state index < -0.39 is 0 Å². The van der Waals surface area contributed by atoms with Gasteiger partial charge in [0.15, 0.2) is 0 Å². The Morgan fingerprint density at radius 3 is 1.15 bits per heavy atom. The van der Waals surface area contributed by atoms with Crippen LogP contribution < -0.4 is 0 Å². The maximum absolute atomic E-state index is 2.36. The van der Waals surface area contributed by atoms with Crippen LogP contribution in [0, 0.1) is 17.8 Å². The van der Waals surface area contributed by atoms with Gasteiger partial charge < -0.3 is 0 Å². The molecule has 0 N–H and O–H groups in total. The highest BCUT2D eigenvalue weighted by Gasteiger charge is 2.10. The molecule has 0 bridgehead atoms. The molecular weight excluding hydrogens is 240 g/mol. The summed E-state index contributed by atoms with van der Waals surface area (Å²) < 4.78 is 0. The van der Waals surface area contributed by atoms with E-state index in [1.165, 1.54) is 22.3 Å². The summed E-state index contributed by atoms with van der Waals surface area (Å²) in [4.78, 5) is 0. The zero-order valence-corrected chi connectivity index (χ0v) is 15.0.